The second kappa shape index (κ2) is 6.80. The number of hydrogen-bond donors (Lipinski definition) is 0. The van der Waals surface area contributed by atoms with E-state index in [-0.39, 0.29) is 17.9 Å². The Labute approximate surface area is 149 Å². The highest BCUT2D eigenvalue weighted by atomic mass is 32.1. The molecule has 3 rings (SSSR count). The Morgan fingerprint density at radius 1 is 1.24 bits per heavy atom. The monoisotopic (exact) mass is 356 g/mol. The summed E-state index contributed by atoms with van der Waals surface area (Å²) in [5, 5.41) is 0.582. The summed E-state index contributed by atoms with van der Waals surface area (Å²) in [5.41, 5.74) is 1.67. The molecule has 0 aliphatic rings. The van der Waals surface area contributed by atoms with Crippen molar-refractivity contribution in [2.24, 2.45) is 0 Å². The molecule has 0 aliphatic heterocycles. The zero-order valence-electron chi connectivity index (χ0n) is 14.8. The molecule has 2 heterocycles. The van der Waals surface area contributed by atoms with Crippen LogP contribution in [-0.4, -0.2) is 21.9 Å². The Hall–Kier alpha value is -2.47. The van der Waals surface area contributed by atoms with Gasteiger partial charge in [-0.3, -0.25) is 14.2 Å². The third-order valence-electron chi connectivity index (χ3n) is 4.01. The molecule has 130 valence electrons. The van der Waals surface area contributed by atoms with E-state index in [2.05, 4.69) is 4.98 Å². The van der Waals surface area contributed by atoms with E-state index in [4.69, 9.17) is 4.74 Å². The maximum Gasteiger partial charge on any atom is 0.263 e. The fraction of sp³-hybridized carbons (Fsp3) is 0.316. The molecule has 0 saturated carbocycles. The molecule has 0 unspecified atom stereocenters. The van der Waals surface area contributed by atoms with Crippen molar-refractivity contribution in [2.75, 3.05) is 6.61 Å². The average molecular weight is 356 g/mol. The van der Waals surface area contributed by atoms with Gasteiger partial charge in [-0.15, -0.1) is 11.3 Å². The van der Waals surface area contributed by atoms with Gasteiger partial charge < -0.3 is 4.74 Å². The highest BCUT2D eigenvalue weighted by molar-refractivity contribution is 7.19. The van der Waals surface area contributed by atoms with Gasteiger partial charge in [0.2, 0.25) is 0 Å². The highest BCUT2D eigenvalue weighted by Gasteiger charge is 2.19. The van der Waals surface area contributed by atoms with Crippen LogP contribution in [0.4, 0.5) is 0 Å². The molecule has 3 aromatic rings. The van der Waals surface area contributed by atoms with Crippen molar-refractivity contribution >= 4 is 27.3 Å². The van der Waals surface area contributed by atoms with Crippen LogP contribution in [0, 0.1) is 13.8 Å². The molecule has 5 nitrogen and oxygen atoms in total. The van der Waals surface area contributed by atoms with Crippen molar-refractivity contribution in [3.05, 3.63) is 45.3 Å². The molecule has 6 heteroatoms. The number of benzene rings is 1. The minimum atomic E-state index is -0.161. The molecule has 0 radical (unpaired) electrons. The van der Waals surface area contributed by atoms with Crippen LogP contribution in [0.15, 0.2) is 29.1 Å². The normalized spacial score (nSPS) is 11.0. The summed E-state index contributed by atoms with van der Waals surface area (Å²) in [5.74, 6) is 1.29. The number of hydrogen-bond acceptors (Lipinski definition) is 5. The fourth-order valence-corrected chi connectivity index (χ4v) is 4.02. The summed E-state index contributed by atoms with van der Waals surface area (Å²) in [6.45, 7) is 7.82. The molecule has 0 amide bonds. The van der Waals surface area contributed by atoms with Crippen molar-refractivity contribution in [3.63, 3.8) is 0 Å². The Morgan fingerprint density at radius 2 is 1.92 bits per heavy atom. The predicted molar refractivity (Wildman–Crippen MR) is 101 cm³/mol. The lowest BCUT2D eigenvalue weighted by Gasteiger charge is -2.09. The van der Waals surface area contributed by atoms with E-state index >= 15 is 0 Å². The topological polar surface area (TPSA) is 61.2 Å². The number of aromatic nitrogens is 2. The summed E-state index contributed by atoms with van der Waals surface area (Å²) in [7, 11) is 0. The van der Waals surface area contributed by atoms with Crippen LogP contribution in [0.25, 0.3) is 21.3 Å². The first-order chi connectivity index (χ1) is 11.9. The van der Waals surface area contributed by atoms with Gasteiger partial charge in [0.15, 0.2) is 0 Å². The number of aryl methyl sites for hydroxylation is 2. The minimum absolute atomic E-state index is 0.0468. The molecule has 0 spiro atoms. The summed E-state index contributed by atoms with van der Waals surface area (Å²) in [6, 6.07) is 7.71. The van der Waals surface area contributed by atoms with E-state index in [1.165, 1.54) is 22.8 Å². The lowest BCUT2D eigenvalue weighted by Crippen LogP contribution is -2.26. The summed E-state index contributed by atoms with van der Waals surface area (Å²) in [4.78, 5) is 30.8. The van der Waals surface area contributed by atoms with Gasteiger partial charge in [-0.25, -0.2) is 4.98 Å². The van der Waals surface area contributed by atoms with E-state index in [1.54, 1.807) is 6.92 Å². The van der Waals surface area contributed by atoms with Crippen molar-refractivity contribution in [1.82, 2.24) is 9.55 Å². The van der Waals surface area contributed by atoms with Gasteiger partial charge >= 0.3 is 0 Å². The number of Topliss-reactive ketones (excluding diaryl/α,β-unsaturated/α-hetero) is 1. The number of fused-ring (bicyclic) bond motifs is 1. The Balaban J connectivity index is 2.23. The van der Waals surface area contributed by atoms with E-state index in [0.717, 1.165) is 21.8 Å². The first-order valence-electron chi connectivity index (χ1n) is 8.15. The second-order valence-corrected chi connectivity index (χ2v) is 7.13. The van der Waals surface area contributed by atoms with E-state index in [9.17, 15) is 9.59 Å². The smallest absolute Gasteiger partial charge is 0.263 e. The predicted octanol–water partition coefficient (Wildman–Crippen LogP) is 3.73. The lowest BCUT2D eigenvalue weighted by molar-refractivity contribution is -0.117. The Morgan fingerprint density at radius 3 is 2.52 bits per heavy atom. The molecule has 0 atom stereocenters. The van der Waals surface area contributed by atoms with Gasteiger partial charge in [0.25, 0.3) is 5.56 Å². The highest BCUT2D eigenvalue weighted by Crippen LogP contribution is 2.36. The zero-order chi connectivity index (χ0) is 18.1. The summed E-state index contributed by atoms with van der Waals surface area (Å²) in [6.07, 6.45) is 0. The van der Waals surface area contributed by atoms with Gasteiger partial charge in [0.1, 0.15) is 22.2 Å². The van der Waals surface area contributed by atoms with Crippen molar-refractivity contribution in [3.8, 4) is 16.9 Å². The van der Waals surface area contributed by atoms with Crippen molar-refractivity contribution < 1.29 is 9.53 Å². The second-order valence-electron chi connectivity index (χ2n) is 5.92. The number of ketones is 1. The van der Waals surface area contributed by atoms with Gasteiger partial charge in [0.05, 0.1) is 18.5 Å². The summed E-state index contributed by atoms with van der Waals surface area (Å²) >= 11 is 1.50. The fourth-order valence-electron chi connectivity index (χ4n) is 2.94. The van der Waals surface area contributed by atoms with Crippen LogP contribution in [0.2, 0.25) is 0 Å². The van der Waals surface area contributed by atoms with E-state index < -0.39 is 0 Å². The van der Waals surface area contributed by atoms with E-state index in [1.807, 2.05) is 38.1 Å². The standard InChI is InChI=1S/C19H20N2O3S/c1-5-24-15-8-6-14(7-9-15)16-12(3)25-18-17(16)19(23)21(10-11(2)22)13(4)20-18/h6-9H,5,10H2,1-4H3. The largest absolute Gasteiger partial charge is 0.494 e. The van der Waals surface area contributed by atoms with Crippen LogP contribution >= 0.6 is 11.3 Å². The number of carbonyl (C=O) groups excluding carboxylic acids is 1. The average Bonchev–Trinajstić information content (AvgIpc) is 2.88. The molecule has 25 heavy (non-hydrogen) atoms. The maximum atomic E-state index is 13.0. The summed E-state index contributed by atoms with van der Waals surface area (Å²) < 4.78 is 6.94. The van der Waals surface area contributed by atoms with Gasteiger partial charge in [0, 0.05) is 10.4 Å². The van der Waals surface area contributed by atoms with Crippen LogP contribution in [0.5, 0.6) is 5.75 Å². The molecule has 1 aromatic carbocycles. The third kappa shape index (κ3) is 3.22. The molecule has 0 N–H and O–H groups in total. The molecule has 2 aromatic heterocycles. The number of ether oxygens (including phenoxy) is 1. The number of nitrogens with zero attached hydrogens (tertiary/aromatic N) is 2. The molecular formula is C19H20N2O3S. The maximum absolute atomic E-state index is 13.0. The van der Waals surface area contributed by atoms with Gasteiger partial charge in [-0.05, 0) is 45.4 Å². The SMILES string of the molecule is CCOc1ccc(-c2c(C)sc3nc(C)n(CC(C)=O)c(=O)c23)cc1. The molecule has 0 fully saturated rings. The number of rotatable bonds is 5. The zero-order valence-corrected chi connectivity index (χ0v) is 15.6. The van der Waals surface area contributed by atoms with Crippen LogP contribution < -0.4 is 10.3 Å². The van der Waals surface area contributed by atoms with Crippen molar-refractivity contribution in [2.45, 2.75) is 34.2 Å². The molecular weight excluding hydrogens is 336 g/mol. The van der Waals surface area contributed by atoms with Crippen molar-refractivity contribution in [1.29, 1.82) is 0 Å². The first kappa shape index (κ1) is 17.4. The molecule has 0 saturated heterocycles. The minimum Gasteiger partial charge on any atom is -0.494 e. The Kier molecular flexibility index (Phi) is 4.72. The van der Waals surface area contributed by atoms with Crippen LogP contribution in [-0.2, 0) is 11.3 Å². The van der Waals surface area contributed by atoms with Gasteiger partial charge in [-0.1, -0.05) is 12.1 Å². The number of thiophene rings is 1. The van der Waals surface area contributed by atoms with Gasteiger partial charge in [-0.2, -0.15) is 0 Å². The lowest BCUT2D eigenvalue weighted by atomic mass is 10.0. The van der Waals surface area contributed by atoms with Crippen LogP contribution in [0.1, 0.15) is 24.5 Å². The first-order valence-corrected chi connectivity index (χ1v) is 8.97. The molecule has 0 aliphatic carbocycles. The Bertz CT molecular complexity index is 1000. The quantitative estimate of drug-likeness (QED) is 0.699. The van der Waals surface area contributed by atoms with Crippen LogP contribution in [0.3, 0.4) is 0 Å². The third-order valence-corrected chi connectivity index (χ3v) is 5.01. The van der Waals surface area contributed by atoms with E-state index in [0.29, 0.717) is 22.6 Å². The number of carbonyl (C=O) groups is 1. The molecule has 0 bridgehead atoms.